The number of benzene rings is 1. The Hall–Kier alpha value is -3.35. The molecule has 3 rings (SSSR count). The first kappa shape index (κ1) is 20.4. The molecule has 0 amide bonds. The molecule has 3 aromatic rings. The Morgan fingerprint density at radius 3 is 2.69 bits per heavy atom. The van der Waals surface area contributed by atoms with Gasteiger partial charge in [0, 0.05) is 44.3 Å². The second-order valence-electron chi connectivity index (χ2n) is 6.54. The van der Waals surface area contributed by atoms with Gasteiger partial charge in [0.1, 0.15) is 0 Å². The number of ether oxygens (including phenoxy) is 1. The van der Waals surface area contributed by atoms with Crippen molar-refractivity contribution in [2.45, 2.75) is 26.3 Å². The second-order valence-corrected chi connectivity index (χ2v) is 6.54. The normalized spacial score (nSPS) is 11.3. The Labute approximate surface area is 171 Å². The fourth-order valence-corrected chi connectivity index (χ4v) is 2.85. The molecule has 0 radical (unpaired) electrons. The molecular formula is C22H28N6O. The summed E-state index contributed by atoms with van der Waals surface area (Å²) < 4.78 is 7.56. The molecule has 0 bridgehead atoms. The summed E-state index contributed by atoms with van der Waals surface area (Å²) in [5.74, 6) is 1.43. The molecule has 1 aromatic carbocycles. The van der Waals surface area contributed by atoms with Crippen LogP contribution in [-0.2, 0) is 13.0 Å². The van der Waals surface area contributed by atoms with Crippen molar-refractivity contribution in [2.24, 2.45) is 4.99 Å². The van der Waals surface area contributed by atoms with Crippen molar-refractivity contribution in [1.82, 2.24) is 25.4 Å². The van der Waals surface area contributed by atoms with Gasteiger partial charge in [0.25, 0.3) is 0 Å². The van der Waals surface area contributed by atoms with Gasteiger partial charge in [-0.2, -0.15) is 5.10 Å². The van der Waals surface area contributed by atoms with E-state index < -0.39 is 0 Å². The predicted octanol–water partition coefficient (Wildman–Crippen LogP) is 2.96. The van der Waals surface area contributed by atoms with E-state index in [1.807, 2.05) is 29.1 Å². The number of nitrogens with zero attached hydrogens (tertiary/aromatic N) is 4. The van der Waals surface area contributed by atoms with Crippen LogP contribution in [-0.4, -0.2) is 40.9 Å². The van der Waals surface area contributed by atoms with Gasteiger partial charge in [-0.25, -0.2) is 9.67 Å². The van der Waals surface area contributed by atoms with Crippen LogP contribution in [0.1, 0.15) is 24.5 Å². The summed E-state index contributed by atoms with van der Waals surface area (Å²) >= 11 is 0. The molecular weight excluding hydrogens is 364 g/mol. The van der Waals surface area contributed by atoms with Crippen LogP contribution >= 0.6 is 0 Å². The smallest absolute Gasteiger partial charge is 0.218 e. The molecule has 0 aliphatic heterocycles. The van der Waals surface area contributed by atoms with E-state index >= 15 is 0 Å². The second kappa shape index (κ2) is 10.8. The molecule has 2 N–H and O–H groups in total. The lowest BCUT2D eigenvalue weighted by Gasteiger charge is -2.14. The van der Waals surface area contributed by atoms with E-state index in [0.29, 0.717) is 19.0 Å². The van der Waals surface area contributed by atoms with Gasteiger partial charge in [-0.1, -0.05) is 25.1 Å². The number of aliphatic imine (C=N–C) groups is 1. The molecule has 0 spiro atoms. The maximum atomic E-state index is 5.71. The highest BCUT2D eigenvalue weighted by molar-refractivity contribution is 5.79. The molecule has 0 unspecified atom stereocenters. The fourth-order valence-electron chi connectivity index (χ4n) is 2.85. The SMILES string of the molecule is CCCOc1ncccc1CNC(=NC)NCCc1ccc(-n2cccn2)cc1. The number of hydrogen-bond acceptors (Lipinski definition) is 4. The first-order chi connectivity index (χ1) is 14.3. The summed E-state index contributed by atoms with van der Waals surface area (Å²) in [5, 5.41) is 10.9. The Kier molecular flexibility index (Phi) is 7.63. The minimum absolute atomic E-state index is 0.602. The first-order valence-electron chi connectivity index (χ1n) is 9.90. The topological polar surface area (TPSA) is 76.4 Å². The molecule has 0 saturated carbocycles. The maximum absolute atomic E-state index is 5.71. The summed E-state index contributed by atoms with van der Waals surface area (Å²) in [4.78, 5) is 8.61. The minimum Gasteiger partial charge on any atom is -0.477 e. The molecule has 152 valence electrons. The predicted molar refractivity (Wildman–Crippen MR) is 115 cm³/mol. The Balaban J connectivity index is 1.46. The van der Waals surface area contributed by atoms with Crippen LogP contribution in [0.4, 0.5) is 0 Å². The largest absolute Gasteiger partial charge is 0.477 e. The molecule has 0 saturated heterocycles. The highest BCUT2D eigenvalue weighted by atomic mass is 16.5. The van der Waals surface area contributed by atoms with E-state index in [-0.39, 0.29) is 0 Å². The van der Waals surface area contributed by atoms with Crippen LogP contribution in [0.5, 0.6) is 5.88 Å². The van der Waals surface area contributed by atoms with Gasteiger partial charge >= 0.3 is 0 Å². The zero-order valence-corrected chi connectivity index (χ0v) is 17.0. The lowest BCUT2D eigenvalue weighted by molar-refractivity contribution is 0.301. The van der Waals surface area contributed by atoms with E-state index in [1.54, 1.807) is 19.4 Å². The van der Waals surface area contributed by atoms with Gasteiger partial charge in [-0.05, 0) is 42.7 Å². The lowest BCUT2D eigenvalue weighted by Crippen LogP contribution is -2.38. The van der Waals surface area contributed by atoms with E-state index in [9.17, 15) is 0 Å². The summed E-state index contributed by atoms with van der Waals surface area (Å²) in [6.07, 6.45) is 7.32. The van der Waals surface area contributed by atoms with Crippen molar-refractivity contribution in [2.75, 3.05) is 20.2 Å². The van der Waals surface area contributed by atoms with E-state index in [2.05, 4.69) is 56.9 Å². The molecule has 7 nitrogen and oxygen atoms in total. The standard InChI is InChI=1S/C22H28N6O/c1-3-16-29-21-19(6-4-12-24-21)17-26-22(23-2)25-14-11-18-7-9-20(10-8-18)28-15-5-13-27-28/h4-10,12-13,15H,3,11,14,16-17H2,1-2H3,(H2,23,25,26). The molecule has 0 fully saturated rings. The van der Waals surface area contributed by atoms with Crippen LogP contribution in [0.2, 0.25) is 0 Å². The van der Waals surface area contributed by atoms with Gasteiger partial charge in [0.2, 0.25) is 5.88 Å². The van der Waals surface area contributed by atoms with Crippen molar-refractivity contribution >= 4 is 5.96 Å². The van der Waals surface area contributed by atoms with Crippen molar-refractivity contribution in [3.8, 4) is 11.6 Å². The number of aromatic nitrogens is 3. The average Bonchev–Trinajstić information content (AvgIpc) is 3.30. The molecule has 0 atom stereocenters. The van der Waals surface area contributed by atoms with Gasteiger partial charge in [-0.15, -0.1) is 0 Å². The van der Waals surface area contributed by atoms with Crippen molar-refractivity contribution in [1.29, 1.82) is 0 Å². The number of guanidine groups is 1. The lowest BCUT2D eigenvalue weighted by atomic mass is 10.1. The third kappa shape index (κ3) is 6.07. The van der Waals surface area contributed by atoms with Crippen molar-refractivity contribution in [3.63, 3.8) is 0 Å². The Morgan fingerprint density at radius 1 is 1.10 bits per heavy atom. The molecule has 2 heterocycles. The van der Waals surface area contributed by atoms with Crippen molar-refractivity contribution < 1.29 is 4.74 Å². The van der Waals surface area contributed by atoms with Gasteiger partial charge < -0.3 is 15.4 Å². The highest BCUT2D eigenvalue weighted by Gasteiger charge is 2.06. The monoisotopic (exact) mass is 392 g/mol. The molecule has 29 heavy (non-hydrogen) atoms. The molecule has 2 aromatic heterocycles. The van der Waals surface area contributed by atoms with Crippen LogP contribution < -0.4 is 15.4 Å². The van der Waals surface area contributed by atoms with E-state index in [4.69, 9.17) is 4.74 Å². The van der Waals surface area contributed by atoms with Gasteiger partial charge in [-0.3, -0.25) is 4.99 Å². The van der Waals surface area contributed by atoms with Crippen LogP contribution in [0.25, 0.3) is 5.69 Å². The fraction of sp³-hybridized carbons (Fsp3) is 0.318. The van der Waals surface area contributed by atoms with Crippen LogP contribution in [0.3, 0.4) is 0 Å². The third-order valence-electron chi connectivity index (χ3n) is 4.37. The first-order valence-corrected chi connectivity index (χ1v) is 9.90. The zero-order valence-electron chi connectivity index (χ0n) is 17.0. The summed E-state index contributed by atoms with van der Waals surface area (Å²) in [5.41, 5.74) is 3.33. The number of pyridine rings is 1. The van der Waals surface area contributed by atoms with Crippen LogP contribution in [0.15, 0.2) is 66.0 Å². The Bertz CT molecular complexity index is 890. The molecule has 7 heteroatoms. The quantitative estimate of drug-likeness (QED) is 0.432. The summed E-state index contributed by atoms with van der Waals surface area (Å²) in [7, 11) is 1.77. The number of hydrogen-bond donors (Lipinski definition) is 2. The zero-order chi connectivity index (χ0) is 20.3. The van der Waals surface area contributed by atoms with Gasteiger partial charge in [0.15, 0.2) is 5.96 Å². The Morgan fingerprint density at radius 2 is 1.97 bits per heavy atom. The number of nitrogens with one attached hydrogen (secondary N) is 2. The van der Waals surface area contributed by atoms with E-state index in [0.717, 1.165) is 36.6 Å². The highest BCUT2D eigenvalue weighted by Crippen LogP contribution is 2.14. The van der Waals surface area contributed by atoms with Crippen LogP contribution in [0, 0.1) is 0 Å². The number of rotatable bonds is 9. The maximum Gasteiger partial charge on any atom is 0.218 e. The summed E-state index contributed by atoms with van der Waals surface area (Å²) in [6.45, 7) is 4.13. The molecule has 0 aliphatic carbocycles. The van der Waals surface area contributed by atoms with E-state index in [1.165, 1.54) is 5.56 Å². The minimum atomic E-state index is 0.602. The van der Waals surface area contributed by atoms with Gasteiger partial charge in [0.05, 0.1) is 12.3 Å². The third-order valence-corrected chi connectivity index (χ3v) is 4.37. The average molecular weight is 393 g/mol. The molecule has 0 aliphatic rings. The summed E-state index contributed by atoms with van der Waals surface area (Å²) in [6, 6.07) is 14.3. The van der Waals surface area contributed by atoms with Crippen molar-refractivity contribution in [3.05, 3.63) is 72.2 Å².